The molecule has 1 aromatic heterocycles. The highest BCUT2D eigenvalue weighted by Gasteiger charge is 2.32. The lowest BCUT2D eigenvalue weighted by atomic mass is 9.75. The molecule has 0 spiro atoms. The standard InChI is InChI=1S/C16H22BrNO2S/c1-3-5-13(15-18-10-14(17)21-15)11-6-8-12(9-7-11)16(19)20-4-2/h3,10-13H,1,4-9H2,2H3/t11-,12-,13?. The van der Waals surface area contributed by atoms with Gasteiger partial charge in [0.05, 0.1) is 27.5 Å². The van der Waals surface area contributed by atoms with Crippen molar-refractivity contribution in [1.29, 1.82) is 0 Å². The second kappa shape index (κ2) is 8.08. The van der Waals surface area contributed by atoms with Gasteiger partial charge in [-0.05, 0) is 60.9 Å². The van der Waals surface area contributed by atoms with Gasteiger partial charge in [-0.15, -0.1) is 17.9 Å². The molecule has 21 heavy (non-hydrogen) atoms. The maximum Gasteiger partial charge on any atom is 0.308 e. The zero-order chi connectivity index (χ0) is 15.2. The lowest BCUT2D eigenvalue weighted by molar-refractivity contribution is -0.149. The number of hydrogen-bond donors (Lipinski definition) is 0. The number of ether oxygens (including phenoxy) is 1. The fraction of sp³-hybridized carbons (Fsp3) is 0.625. The molecule has 116 valence electrons. The fourth-order valence-electron chi connectivity index (χ4n) is 3.13. The number of rotatable bonds is 6. The molecule has 1 aliphatic rings. The highest BCUT2D eigenvalue weighted by atomic mass is 79.9. The first-order chi connectivity index (χ1) is 10.2. The third kappa shape index (κ3) is 4.39. The van der Waals surface area contributed by atoms with Crippen LogP contribution in [0.25, 0.3) is 0 Å². The molecular weight excluding hydrogens is 350 g/mol. The SMILES string of the molecule is C=CCC(c1ncc(Br)s1)[C@H]1CC[C@H](C(=O)OCC)CC1. The van der Waals surface area contributed by atoms with Crippen LogP contribution < -0.4 is 0 Å². The Morgan fingerprint density at radius 2 is 2.29 bits per heavy atom. The van der Waals surface area contributed by atoms with E-state index in [4.69, 9.17) is 4.74 Å². The number of esters is 1. The molecule has 1 saturated carbocycles. The van der Waals surface area contributed by atoms with E-state index in [1.165, 1.54) is 5.01 Å². The van der Waals surface area contributed by atoms with Crippen molar-refractivity contribution >= 4 is 33.2 Å². The van der Waals surface area contributed by atoms with Gasteiger partial charge >= 0.3 is 5.97 Å². The smallest absolute Gasteiger partial charge is 0.308 e. The van der Waals surface area contributed by atoms with Crippen LogP contribution in [-0.4, -0.2) is 17.6 Å². The van der Waals surface area contributed by atoms with Crippen molar-refractivity contribution < 1.29 is 9.53 Å². The molecule has 0 saturated heterocycles. The van der Waals surface area contributed by atoms with Crippen molar-refractivity contribution in [3.8, 4) is 0 Å². The second-order valence-electron chi connectivity index (χ2n) is 5.50. The average molecular weight is 372 g/mol. The van der Waals surface area contributed by atoms with Crippen LogP contribution in [0.1, 0.15) is 50.0 Å². The van der Waals surface area contributed by atoms with Gasteiger partial charge in [0.1, 0.15) is 0 Å². The van der Waals surface area contributed by atoms with Crippen LogP contribution in [-0.2, 0) is 9.53 Å². The Labute approximate surface area is 138 Å². The highest BCUT2D eigenvalue weighted by Crippen LogP contribution is 2.42. The minimum atomic E-state index is -0.0202. The van der Waals surface area contributed by atoms with Crippen LogP contribution in [0.5, 0.6) is 0 Å². The van der Waals surface area contributed by atoms with Gasteiger partial charge in [-0.25, -0.2) is 4.98 Å². The van der Waals surface area contributed by atoms with E-state index < -0.39 is 0 Å². The topological polar surface area (TPSA) is 39.2 Å². The Morgan fingerprint density at radius 1 is 1.57 bits per heavy atom. The molecule has 2 rings (SSSR count). The van der Waals surface area contributed by atoms with E-state index in [-0.39, 0.29) is 11.9 Å². The first-order valence-electron chi connectivity index (χ1n) is 7.54. The van der Waals surface area contributed by atoms with Crippen LogP contribution in [0.4, 0.5) is 0 Å². The summed E-state index contributed by atoms with van der Waals surface area (Å²) < 4.78 is 6.22. The van der Waals surface area contributed by atoms with Crippen LogP contribution >= 0.6 is 27.3 Å². The van der Waals surface area contributed by atoms with E-state index in [9.17, 15) is 4.79 Å². The van der Waals surface area contributed by atoms with Gasteiger partial charge in [0.15, 0.2) is 0 Å². The van der Waals surface area contributed by atoms with Crippen molar-refractivity contribution in [3.63, 3.8) is 0 Å². The minimum Gasteiger partial charge on any atom is -0.466 e. The van der Waals surface area contributed by atoms with Crippen molar-refractivity contribution in [2.24, 2.45) is 11.8 Å². The molecule has 3 nitrogen and oxygen atoms in total. The van der Waals surface area contributed by atoms with E-state index in [2.05, 4.69) is 27.5 Å². The summed E-state index contributed by atoms with van der Waals surface area (Å²) in [6.07, 6.45) is 8.82. The van der Waals surface area contributed by atoms with Gasteiger partial charge in [0, 0.05) is 5.92 Å². The maximum absolute atomic E-state index is 11.8. The third-order valence-corrected chi connectivity index (χ3v) is 5.80. The molecule has 0 N–H and O–H groups in total. The molecule has 1 atom stereocenters. The molecule has 1 heterocycles. The van der Waals surface area contributed by atoms with Gasteiger partial charge in [-0.1, -0.05) is 6.08 Å². The molecule has 1 aromatic rings. The molecule has 1 unspecified atom stereocenters. The number of carbonyl (C=O) groups is 1. The molecule has 0 aliphatic heterocycles. The zero-order valence-electron chi connectivity index (χ0n) is 12.4. The largest absolute Gasteiger partial charge is 0.466 e. The molecule has 1 fully saturated rings. The normalized spacial score (nSPS) is 23.5. The average Bonchev–Trinajstić information content (AvgIpc) is 2.91. The summed E-state index contributed by atoms with van der Waals surface area (Å²) in [4.78, 5) is 16.3. The molecule has 0 bridgehead atoms. The van der Waals surface area contributed by atoms with Gasteiger partial charge in [-0.2, -0.15) is 0 Å². The zero-order valence-corrected chi connectivity index (χ0v) is 14.8. The third-order valence-electron chi connectivity index (χ3n) is 4.19. The quantitative estimate of drug-likeness (QED) is 0.525. The molecule has 1 aliphatic carbocycles. The highest BCUT2D eigenvalue weighted by molar-refractivity contribution is 9.11. The predicted molar refractivity (Wildman–Crippen MR) is 89.5 cm³/mol. The van der Waals surface area contributed by atoms with E-state index in [1.54, 1.807) is 11.3 Å². The minimum absolute atomic E-state index is 0.0202. The lowest BCUT2D eigenvalue weighted by Gasteiger charge is -2.31. The van der Waals surface area contributed by atoms with Gasteiger partial charge in [0.25, 0.3) is 0 Å². The summed E-state index contributed by atoms with van der Waals surface area (Å²) in [7, 11) is 0. The van der Waals surface area contributed by atoms with E-state index in [0.29, 0.717) is 18.4 Å². The van der Waals surface area contributed by atoms with Gasteiger partial charge in [-0.3, -0.25) is 4.79 Å². The van der Waals surface area contributed by atoms with Crippen LogP contribution in [0.15, 0.2) is 22.6 Å². The second-order valence-corrected chi connectivity index (χ2v) is 7.94. The van der Waals surface area contributed by atoms with Crippen LogP contribution in [0, 0.1) is 11.8 Å². The Hall–Kier alpha value is -0.680. The first-order valence-corrected chi connectivity index (χ1v) is 9.15. The number of nitrogens with zero attached hydrogens (tertiary/aromatic N) is 1. The summed E-state index contributed by atoms with van der Waals surface area (Å²) in [5, 5.41) is 1.18. The summed E-state index contributed by atoms with van der Waals surface area (Å²) in [5.41, 5.74) is 0. The van der Waals surface area contributed by atoms with E-state index >= 15 is 0 Å². The lowest BCUT2D eigenvalue weighted by Crippen LogP contribution is -2.26. The maximum atomic E-state index is 11.8. The van der Waals surface area contributed by atoms with Crippen molar-refractivity contribution in [2.45, 2.75) is 44.9 Å². The number of hydrogen-bond acceptors (Lipinski definition) is 4. The predicted octanol–water partition coefficient (Wildman–Crippen LogP) is 4.93. The summed E-state index contributed by atoms with van der Waals surface area (Å²) >= 11 is 5.20. The molecular formula is C16H22BrNO2S. The van der Waals surface area contributed by atoms with Crippen molar-refractivity contribution in [2.75, 3.05) is 6.61 Å². The summed E-state index contributed by atoms with van der Waals surface area (Å²) in [6.45, 7) is 6.23. The number of halogens is 1. The first kappa shape index (κ1) is 16.7. The van der Waals surface area contributed by atoms with Crippen LogP contribution in [0.3, 0.4) is 0 Å². The number of aromatic nitrogens is 1. The van der Waals surface area contributed by atoms with Crippen LogP contribution in [0.2, 0.25) is 0 Å². The van der Waals surface area contributed by atoms with Gasteiger partial charge < -0.3 is 4.74 Å². The monoisotopic (exact) mass is 371 g/mol. The molecule has 0 amide bonds. The molecule has 0 radical (unpaired) electrons. The number of thiazole rings is 1. The van der Waals surface area contributed by atoms with E-state index in [0.717, 1.165) is 35.9 Å². The summed E-state index contributed by atoms with van der Waals surface area (Å²) in [6, 6.07) is 0. The fourth-order valence-corrected chi connectivity index (χ4v) is 4.58. The van der Waals surface area contributed by atoms with E-state index in [1.807, 2.05) is 19.2 Å². The Balaban J connectivity index is 1.98. The van der Waals surface area contributed by atoms with Gasteiger partial charge in [0.2, 0.25) is 0 Å². The van der Waals surface area contributed by atoms with Crippen molar-refractivity contribution in [3.05, 3.63) is 27.6 Å². The molecule has 0 aromatic carbocycles. The Kier molecular flexibility index (Phi) is 6.42. The Morgan fingerprint density at radius 3 is 2.81 bits per heavy atom. The number of carbonyl (C=O) groups excluding carboxylic acids is 1. The van der Waals surface area contributed by atoms with Crippen molar-refractivity contribution in [1.82, 2.24) is 4.98 Å². The Bertz CT molecular complexity index is 480. The number of allylic oxidation sites excluding steroid dienone is 1. The molecule has 5 heteroatoms. The summed E-state index contributed by atoms with van der Waals surface area (Å²) in [5.74, 6) is 1.09.